The second kappa shape index (κ2) is 11.8. The maximum absolute atomic E-state index is 12.8. The number of hydrogen-bond acceptors (Lipinski definition) is 3. The molecule has 160 valence electrons. The summed E-state index contributed by atoms with van der Waals surface area (Å²) in [5.74, 6) is 1.08. The van der Waals surface area contributed by atoms with Crippen LogP contribution in [0.1, 0.15) is 98.9 Å². The first-order chi connectivity index (χ1) is 14.0. The van der Waals surface area contributed by atoms with Crippen LogP contribution in [0.3, 0.4) is 0 Å². The van der Waals surface area contributed by atoms with Crippen LogP contribution in [0, 0.1) is 13.8 Å². The molecule has 0 saturated carbocycles. The van der Waals surface area contributed by atoms with E-state index in [1.165, 1.54) is 42.3 Å². The Morgan fingerprint density at radius 2 is 1.76 bits per heavy atom. The van der Waals surface area contributed by atoms with Gasteiger partial charge in [-0.1, -0.05) is 71.1 Å². The van der Waals surface area contributed by atoms with Crippen molar-refractivity contribution >= 4 is 5.91 Å². The van der Waals surface area contributed by atoms with Gasteiger partial charge in [-0.3, -0.25) is 4.79 Å². The molecule has 0 bridgehead atoms. The van der Waals surface area contributed by atoms with Crippen molar-refractivity contribution in [2.24, 2.45) is 0 Å². The molecule has 0 N–H and O–H groups in total. The number of carbonyl (C=O) groups is 1. The Balaban J connectivity index is 1.96. The third-order valence-electron chi connectivity index (χ3n) is 5.87. The zero-order chi connectivity index (χ0) is 21.2. The summed E-state index contributed by atoms with van der Waals surface area (Å²) >= 11 is 0. The molecule has 0 amide bonds. The highest BCUT2D eigenvalue weighted by Gasteiger charge is 2.18. The molecule has 0 fully saturated rings. The van der Waals surface area contributed by atoms with Gasteiger partial charge < -0.3 is 4.74 Å². The second-order valence-electron chi connectivity index (χ2n) is 8.11. The van der Waals surface area contributed by atoms with Crippen molar-refractivity contribution in [1.82, 2.24) is 9.78 Å². The molecule has 4 heteroatoms. The van der Waals surface area contributed by atoms with Gasteiger partial charge in [-0.15, -0.1) is 0 Å². The molecule has 0 saturated heterocycles. The number of hydrogen-bond donors (Lipinski definition) is 0. The number of carbonyl (C=O) groups excluding carboxylic acids is 1. The van der Waals surface area contributed by atoms with E-state index < -0.39 is 0 Å². The normalized spacial score (nSPS) is 12.2. The van der Waals surface area contributed by atoms with Crippen LogP contribution in [0.2, 0.25) is 0 Å². The highest BCUT2D eigenvalue weighted by Crippen LogP contribution is 2.28. The summed E-state index contributed by atoms with van der Waals surface area (Å²) in [5.41, 5.74) is 4.29. The molecule has 1 atom stereocenters. The first kappa shape index (κ1) is 23.2. The lowest BCUT2D eigenvalue weighted by Gasteiger charge is -2.15. The van der Waals surface area contributed by atoms with Crippen LogP contribution in [0.5, 0.6) is 5.75 Å². The number of rotatable bonds is 12. The Labute approximate surface area is 176 Å². The second-order valence-corrected chi connectivity index (χ2v) is 8.11. The van der Waals surface area contributed by atoms with Crippen molar-refractivity contribution in [1.29, 1.82) is 0 Å². The zero-order valence-electron chi connectivity index (χ0n) is 19.0. The fourth-order valence-corrected chi connectivity index (χ4v) is 3.80. The highest BCUT2D eigenvalue weighted by atomic mass is 16.5. The lowest BCUT2D eigenvalue weighted by atomic mass is 9.98. The van der Waals surface area contributed by atoms with Crippen molar-refractivity contribution in [2.75, 3.05) is 6.61 Å². The Kier molecular flexibility index (Phi) is 9.43. The summed E-state index contributed by atoms with van der Waals surface area (Å²) in [6.07, 6.45) is 9.64. The molecule has 1 heterocycles. The van der Waals surface area contributed by atoms with E-state index in [0.29, 0.717) is 5.92 Å². The van der Waals surface area contributed by atoms with Crippen LogP contribution in [0.15, 0.2) is 24.3 Å². The minimum Gasteiger partial charge on any atom is -0.483 e. The molecule has 29 heavy (non-hydrogen) atoms. The van der Waals surface area contributed by atoms with Gasteiger partial charge in [0.1, 0.15) is 5.75 Å². The van der Waals surface area contributed by atoms with Gasteiger partial charge in [0.15, 0.2) is 6.61 Å². The van der Waals surface area contributed by atoms with Gasteiger partial charge in [0, 0.05) is 5.69 Å². The van der Waals surface area contributed by atoms with Crippen LogP contribution in [-0.4, -0.2) is 22.3 Å². The van der Waals surface area contributed by atoms with Gasteiger partial charge in [0.2, 0.25) is 0 Å². The molecule has 2 rings (SSSR count). The average Bonchev–Trinajstić information content (AvgIpc) is 3.02. The first-order valence-electron chi connectivity index (χ1n) is 11.3. The van der Waals surface area contributed by atoms with E-state index in [2.05, 4.69) is 31.9 Å². The summed E-state index contributed by atoms with van der Waals surface area (Å²) < 4.78 is 7.44. The van der Waals surface area contributed by atoms with E-state index in [1.807, 2.05) is 32.0 Å². The summed E-state index contributed by atoms with van der Waals surface area (Å²) in [6, 6.07) is 8.00. The Bertz CT molecular complexity index is 779. The third-order valence-corrected chi connectivity index (χ3v) is 5.87. The fraction of sp³-hybridized carbons (Fsp3) is 0.600. The van der Waals surface area contributed by atoms with Crippen LogP contribution in [0.4, 0.5) is 0 Å². The smallest absolute Gasteiger partial charge is 0.284 e. The van der Waals surface area contributed by atoms with Gasteiger partial charge >= 0.3 is 0 Å². The van der Waals surface area contributed by atoms with Crippen molar-refractivity contribution in [2.45, 2.75) is 91.9 Å². The van der Waals surface area contributed by atoms with Crippen molar-refractivity contribution in [3.8, 4) is 5.75 Å². The third kappa shape index (κ3) is 6.45. The molecule has 0 aliphatic rings. The number of benzene rings is 1. The number of unbranched alkanes of at least 4 members (excludes halogenated alkanes) is 5. The van der Waals surface area contributed by atoms with E-state index in [9.17, 15) is 4.79 Å². The quantitative estimate of drug-likeness (QED) is 0.377. The summed E-state index contributed by atoms with van der Waals surface area (Å²) in [7, 11) is 0. The largest absolute Gasteiger partial charge is 0.483 e. The van der Waals surface area contributed by atoms with Crippen LogP contribution in [0.25, 0.3) is 0 Å². The first-order valence-corrected chi connectivity index (χ1v) is 11.3. The van der Waals surface area contributed by atoms with Gasteiger partial charge in [0.05, 0.1) is 5.69 Å². The highest BCUT2D eigenvalue weighted by molar-refractivity contribution is 5.80. The maximum atomic E-state index is 12.8. The van der Waals surface area contributed by atoms with Crippen LogP contribution in [-0.2, 0) is 6.42 Å². The van der Waals surface area contributed by atoms with E-state index in [-0.39, 0.29) is 12.5 Å². The molecule has 4 nitrogen and oxygen atoms in total. The molecule has 0 spiro atoms. The summed E-state index contributed by atoms with van der Waals surface area (Å²) in [5, 5.41) is 4.51. The minimum atomic E-state index is -0.112. The van der Waals surface area contributed by atoms with Crippen molar-refractivity contribution in [3.05, 3.63) is 46.8 Å². The topological polar surface area (TPSA) is 44.1 Å². The Hall–Kier alpha value is -2.10. The number of ether oxygens (including phenoxy) is 1. The van der Waals surface area contributed by atoms with E-state index >= 15 is 0 Å². The number of aromatic nitrogens is 2. The molecule has 1 aromatic heterocycles. The number of aryl methyl sites for hydroxylation is 1. The predicted molar refractivity (Wildman–Crippen MR) is 120 cm³/mol. The lowest BCUT2D eigenvalue weighted by molar-refractivity contribution is 0.0817. The molecular weight excluding hydrogens is 360 g/mol. The van der Waals surface area contributed by atoms with Gasteiger partial charge in [-0.05, 0) is 56.2 Å². The van der Waals surface area contributed by atoms with E-state index in [4.69, 9.17) is 4.74 Å². The lowest BCUT2D eigenvalue weighted by Crippen LogP contribution is -2.22. The SMILES string of the molecule is CCCCCCCCc1c(C)nn(C(=O)COc2ccccc2C(C)CC)c1C. The zero-order valence-corrected chi connectivity index (χ0v) is 19.0. The maximum Gasteiger partial charge on any atom is 0.284 e. The number of para-hydroxylation sites is 1. The standard InChI is InChI=1S/C25H38N2O2/c1-6-8-9-10-11-12-16-23-20(4)26-27(21(23)5)25(28)18-29-24-17-14-13-15-22(24)19(3)7-2/h13-15,17,19H,6-12,16,18H2,1-5H3. The Morgan fingerprint density at radius 1 is 1.07 bits per heavy atom. The monoisotopic (exact) mass is 398 g/mol. The molecule has 1 unspecified atom stereocenters. The van der Waals surface area contributed by atoms with Crippen molar-refractivity contribution in [3.63, 3.8) is 0 Å². The predicted octanol–water partition coefficient (Wildman–Crippen LogP) is 6.64. The fourth-order valence-electron chi connectivity index (χ4n) is 3.80. The minimum absolute atomic E-state index is 0.00582. The van der Waals surface area contributed by atoms with Gasteiger partial charge in [0.25, 0.3) is 5.91 Å². The van der Waals surface area contributed by atoms with E-state index in [1.54, 1.807) is 0 Å². The Morgan fingerprint density at radius 3 is 2.48 bits per heavy atom. The van der Waals surface area contributed by atoms with Crippen molar-refractivity contribution < 1.29 is 9.53 Å². The summed E-state index contributed by atoms with van der Waals surface area (Å²) in [6.45, 7) is 10.6. The van der Waals surface area contributed by atoms with Crippen LogP contribution >= 0.6 is 0 Å². The van der Waals surface area contributed by atoms with Gasteiger partial charge in [-0.25, -0.2) is 4.68 Å². The number of nitrogens with zero attached hydrogens (tertiary/aromatic N) is 2. The van der Waals surface area contributed by atoms with E-state index in [0.717, 1.165) is 42.0 Å². The molecule has 0 aliphatic carbocycles. The van der Waals surface area contributed by atoms with Crippen LogP contribution < -0.4 is 4.74 Å². The molecular formula is C25H38N2O2. The molecule has 2 aromatic rings. The molecule has 1 aromatic carbocycles. The molecule has 0 radical (unpaired) electrons. The average molecular weight is 399 g/mol. The summed E-state index contributed by atoms with van der Waals surface area (Å²) in [4.78, 5) is 12.8. The molecule has 0 aliphatic heterocycles. The van der Waals surface area contributed by atoms with Gasteiger partial charge in [-0.2, -0.15) is 5.10 Å².